The smallest absolute Gasteiger partial charge is 0.415 e. The van der Waals surface area contributed by atoms with Gasteiger partial charge in [-0.15, -0.1) is 5.10 Å². The van der Waals surface area contributed by atoms with Gasteiger partial charge in [-0.2, -0.15) is 0 Å². The number of carbonyl (C=O) groups is 2. The lowest BCUT2D eigenvalue weighted by molar-refractivity contribution is 0.0630. The molecule has 24 heavy (non-hydrogen) atoms. The number of aromatic nitrogens is 2. The maximum absolute atomic E-state index is 12.1. The number of para-hydroxylation sites is 1. The molecule has 2 N–H and O–H groups in total. The Morgan fingerprint density at radius 1 is 1.21 bits per heavy atom. The minimum Gasteiger partial charge on any atom is -0.443 e. The lowest BCUT2D eigenvalue weighted by atomic mass is 10.2. The Morgan fingerprint density at radius 3 is 2.54 bits per heavy atom. The molecule has 0 atom stereocenters. The number of anilines is 2. The number of hydrogen-bond donors (Lipinski definition) is 2. The highest BCUT2D eigenvalue weighted by Crippen LogP contribution is 2.25. The predicted molar refractivity (Wildman–Crippen MR) is 88.3 cm³/mol. The van der Waals surface area contributed by atoms with Crippen LogP contribution in [-0.2, 0) is 4.74 Å². The molecular weight excluding hydrogens is 336 g/mol. The fourth-order valence-electron chi connectivity index (χ4n) is 1.71. The van der Waals surface area contributed by atoms with Crippen LogP contribution in [0.15, 0.2) is 22.6 Å². The molecule has 1 aromatic carbocycles. The van der Waals surface area contributed by atoms with Gasteiger partial charge < -0.3 is 14.5 Å². The molecule has 0 radical (unpaired) electrons. The van der Waals surface area contributed by atoms with Crippen LogP contribution in [0.3, 0.4) is 0 Å². The van der Waals surface area contributed by atoms with Gasteiger partial charge in [0.15, 0.2) is 0 Å². The van der Waals surface area contributed by atoms with E-state index in [1.165, 1.54) is 0 Å². The van der Waals surface area contributed by atoms with Gasteiger partial charge >= 0.3 is 23.9 Å². The van der Waals surface area contributed by atoms with Crippen LogP contribution in [0, 0.1) is 6.92 Å². The van der Waals surface area contributed by atoms with E-state index in [1.54, 1.807) is 45.9 Å². The number of halogens is 1. The first-order chi connectivity index (χ1) is 11.2. The van der Waals surface area contributed by atoms with Crippen molar-refractivity contribution in [3.63, 3.8) is 0 Å². The van der Waals surface area contributed by atoms with Gasteiger partial charge in [-0.3, -0.25) is 4.79 Å². The van der Waals surface area contributed by atoms with Gasteiger partial charge in [0, 0.05) is 0 Å². The standard InChI is InChI=1S/C15H17ClN4O4/c1-8-6-5-7-9(16)10(8)17-11(21)12-19-20-13(23-12)18-14(22)24-15(2,3)4/h5-7H,1-4H3,(H,17,21)(H,18,20,22). The predicted octanol–water partition coefficient (Wildman–Crippen LogP) is 3.63. The minimum atomic E-state index is -0.764. The number of rotatable bonds is 3. The Bertz CT molecular complexity index is 747. The van der Waals surface area contributed by atoms with Gasteiger partial charge in [0.2, 0.25) is 0 Å². The van der Waals surface area contributed by atoms with Crippen molar-refractivity contribution in [1.82, 2.24) is 10.2 Å². The first kappa shape index (κ1) is 17.7. The Balaban J connectivity index is 2.05. The quantitative estimate of drug-likeness (QED) is 0.873. The molecule has 0 unspecified atom stereocenters. The minimum absolute atomic E-state index is 0.245. The second-order valence-electron chi connectivity index (χ2n) is 5.93. The van der Waals surface area contributed by atoms with Crippen LogP contribution in [0.2, 0.25) is 5.02 Å². The van der Waals surface area contributed by atoms with Crippen LogP contribution >= 0.6 is 11.6 Å². The van der Waals surface area contributed by atoms with E-state index in [1.807, 2.05) is 0 Å². The molecule has 2 aromatic rings. The van der Waals surface area contributed by atoms with Gasteiger partial charge in [0.05, 0.1) is 10.7 Å². The average molecular weight is 353 g/mol. The maximum Gasteiger partial charge on any atom is 0.415 e. The van der Waals surface area contributed by atoms with E-state index in [9.17, 15) is 9.59 Å². The van der Waals surface area contributed by atoms with E-state index in [0.29, 0.717) is 10.7 Å². The fourth-order valence-corrected chi connectivity index (χ4v) is 1.98. The zero-order chi connectivity index (χ0) is 17.9. The number of hydrogen-bond acceptors (Lipinski definition) is 6. The molecule has 8 nitrogen and oxygen atoms in total. The van der Waals surface area contributed by atoms with E-state index < -0.39 is 17.6 Å². The Labute approximate surface area is 143 Å². The molecule has 0 fully saturated rings. The molecule has 128 valence electrons. The van der Waals surface area contributed by atoms with Crippen molar-refractivity contribution in [3.05, 3.63) is 34.7 Å². The number of benzene rings is 1. The number of aryl methyl sites for hydroxylation is 1. The molecule has 0 aliphatic carbocycles. The molecule has 2 rings (SSSR count). The van der Waals surface area contributed by atoms with Crippen molar-refractivity contribution >= 4 is 35.3 Å². The Morgan fingerprint density at radius 2 is 1.92 bits per heavy atom. The summed E-state index contributed by atoms with van der Waals surface area (Å²) >= 11 is 6.04. The van der Waals surface area contributed by atoms with Crippen LogP contribution in [0.5, 0.6) is 0 Å². The lowest BCUT2D eigenvalue weighted by Gasteiger charge is -2.18. The summed E-state index contributed by atoms with van der Waals surface area (Å²) < 4.78 is 10.1. The third kappa shape index (κ3) is 4.69. The van der Waals surface area contributed by atoms with Crippen LogP contribution < -0.4 is 10.6 Å². The topological polar surface area (TPSA) is 106 Å². The van der Waals surface area contributed by atoms with Crippen molar-refractivity contribution in [2.45, 2.75) is 33.3 Å². The summed E-state index contributed by atoms with van der Waals surface area (Å²) in [7, 11) is 0. The highest BCUT2D eigenvalue weighted by atomic mass is 35.5. The van der Waals surface area contributed by atoms with Gasteiger partial charge in [-0.1, -0.05) is 28.8 Å². The van der Waals surface area contributed by atoms with E-state index in [0.717, 1.165) is 5.56 Å². The first-order valence-electron chi connectivity index (χ1n) is 7.05. The summed E-state index contributed by atoms with van der Waals surface area (Å²) in [5, 5.41) is 12.4. The maximum atomic E-state index is 12.1. The van der Waals surface area contributed by atoms with E-state index in [2.05, 4.69) is 20.8 Å². The molecule has 0 aliphatic heterocycles. The molecule has 0 bridgehead atoms. The van der Waals surface area contributed by atoms with Crippen LogP contribution in [0.1, 0.15) is 37.0 Å². The third-order valence-electron chi connectivity index (χ3n) is 2.69. The van der Waals surface area contributed by atoms with Gasteiger partial charge in [0.25, 0.3) is 0 Å². The van der Waals surface area contributed by atoms with Crippen LogP contribution in [-0.4, -0.2) is 27.8 Å². The summed E-state index contributed by atoms with van der Waals surface area (Å²) in [6.45, 7) is 6.94. The molecule has 0 saturated carbocycles. The third-order valence-corrected chi connectivity index (χ3v) is 3.00. The molecule has 0 saturated heterocycles. The summed E-state index contributed by atoms with van der Waals surface area (Å²) in [5.41, 5.74) is 0.554. The Kier molecular flexibility index (Phi) is 5.08. The molecule has 0 spiro atoms. The van der Waals surface area contributed by atoms with E-state index >= 15 is 0 Å². The van der Waals surface area contributed by atoms with Gasteiger partial charge in [-0.25, -0.2) is 10.1 Å². The summed E-state index contributed by atoms with van der Waals surface area (Å²) in [4.78, 5) is 23.7. The second-order valence-corrected chi connectivity index (χ2v) is 6.33. The van der Waals surface area contributed by atoms with Crippen molar-refractivity contribution in [2.75, 3.05) is 10.6 Å². The number of amides is 2. The van der Waals surface area contributed by atoms with Crippen molar-refractivity contribution < 1.29 is 18.7 Å². The molecule has 9 heteroatoms. The number of nitrogens with one attached hydrogen (secondary N) is 2. The normalized spacial score (nSPS) is 11.0. The van der Waals surface area contributed by atoms with Gasteiger partial charge in [0.1, 0.15) is 5.60 Å². The summed E-state index contributed by atoms with van der Waals surface area (Å²) in [6, 6.07) is 4.96. The van der Waals surface area contributed by atoms with E-state index in [-0.39, 0.29) is 11.9 Å². The van der Waals surface area contributed by atoms with Crippen molar-refractivity contribution in [3.8, 4) is 0 Å². The average Bonchev–Trinajstić information content (AvgIpc) is 2.89. The number of nitrogens with zero attached hydrogens (tertiary/aromatic N) is 2. The molecule has 2 amide bonds. The summed E-state index contributed by atoms with van der Waals surface area (Å²) in [5.74, 6) is -0.962. The zero-order valence-corrected chi connectivity index (χ0v) is 14.4. The molecule has 0 aliphatic rings. The van der Waals surface area contributed by atoms with Crippen LogP contribution in [0.4, 0.5) is 16.5 Å². The van der Waals surface area contributed by atoms with Crippen LogP contribution in [0.25, 0.3) is 0 Å². The van der Waals surface area contributed by atoms with Crippen molar-refractivity contribution in [1.29, 1.82) is 0 Å². The Hall–Kier alpha value is -2.61. The van der Waals surface area contributed by atoms with E-state index in [4.69, 9.17) is 20.8 Å². The first-order valence-corrected chi connectivity index (χ1v) is 7.43. The zero-order valence-electron chi connectivity index (χ0n) is 13.6. The molecule has 1 aromatic heterocycles. The molecule has 1 heterocycles. The largest absolute Gasteiger partial charge is 0.443 e. The second kappa shape index (κ2) is 6.88. The fraction of sp³-hybridized carbons (Fsp3) is 0.333. The molecular formula is C15H17ClN4O4. The summed E-state index contributed by atoms with van der Waals surface area (Å²) in [6.07, 6.45) is -0.764. The highest BCUT2D eigenvalue weighted by molar-refractivity contribution is 6.34. The number of carbonyl (C=O) groups excluding carboxylic acids is 2. The lowest BCUT2D eigenvalue weighted by Crippen LogP contribution is -2.27. The van der Waals surface area contributed by atoms with Gasteiger partial charge in [-0.05, 0) is 39.3 Å². The van der Waals surface area contributed by atoms with Crippen molar-refractivity contribution in [2.24, 2.45) is 0 Å². The monoisotopic (exact) mass is 352 g/mol. The number of ether oxygens (including phenoxy) is 1. The highest BCUT2D eigenvalue weighted by Gasteiger charge is 2.21. The SMILES string of the molecule is Cc1cccc(Cl)c1NC(=O)c1nnc(NC(=O)OC(C)(C)C)o1.